The van der Waals surface area contributed by atoms with Crippen LogP contribution in [0.5, 0.6) is 5.75 Å². The minimum atomic E-state index is -1.47. The van der Waals surface area contributed by atoms with Crippen molar-refractivity contribution in [1.29, 1.82) is 0 Å². The molecule has 0 aromatic heterocycles. The van der Waals surface area contributed by atoms with Crippen molar-refractivity contribution in [3.8, 4) is 16.9 Å². The van der Waals surface area contributed by atoms with E-state index in [1.807, 2.05) is 30.3 Å². The zero-order chi connectivity index (χ0) is 18.4. The van der Waals surface area contributed by atoms with Crippen LogP contribution in [0, 0.1) is 11.2 Å². The summed E-state index contributed by atoms with van der Waals surface area (Å²) >= 11 is 0. The second kappa shape index (κ2) is 7.92. The van der Waals surface area contributed by atoms with Gasteiger partial charge in [0.2, 0.25) is 0 Å². The summed E-state index contributed by atoms with van der Waals surface area (Å²) in [4.78, 5) is 24.4. The third-order valence-electron chi connectivity index (χ3n) is 4.13. The first-order valence-corrected chi connectivity index (χ1v) is 8.16. The third kappa shape index (κ3) is 4.05. The van der Waals surface area contributed by atoms with E-state index in [1.165, 1.54) is 19.1 Å². The van der Waals surface area contributed by atoms with E-state index in [2.05, 4.69) is 0 Å². The van der Waals surface area contributed by atoms with E-state index in [0.717, 1.165) is 5.56 Å². The molecular weight excluding hydrogens is 323 g/mol. The third-order valence-corrected chi connectivity index (χ3v) is 4.13. The first-order chi connectivity index (χ1) is 11.9. The summed E-state index contributed by atoms with van der Waals surface area (Å²) in [5.74, 6) is -2.39. The Morgan fingerprint density at radius 2 is 1.68 bits per heavy atom. The predicted octanol–water partition coefficient (Wildman–Crippen LogP) is 4.38. The van der Waals surface area contributed by atoms with Gasteiger partial charge >= 0.3 is 11.9 Å². The first-order valence-electron chi connectivity index (χ1n) is 8.16. The van der Waals surface area contributed by atoms with Gasteiger partial charge in [-0.1, -0.05) is 43.3 Å². The summed E-state index contributed by atoms with van der Waals surface area (Å²) in [6.45, 7) is 4.92. The predicted molar refractivity (Wildman–Crippen MR) is 92.5 cm³/mol. The van der Waals surface area contributed by atoms with Crippen LogP contribution in [0.1, 0.15) is 27.2 Å². The fourth-order valence-corrected chi connectivity index (χ4v) is 2.27. The number of hydrogen-bond donors (Lipinski definition) is 0. The van der Waals surface area contributed by atoms with Gasteiger partial charge in [-0.05, 0) is 43.5 Å². The molecule has 25 heavy (non-hydrogen) atoms. The van der Waals surface area contributed by atoms with Crippen LogP contribution in [0.15, 0.2) is 48.5 Å². The van der Waals surface area contributed by atoms with Gasteiger partial charge < -0.3 is 9.47 Å². The number of ether oxygens (including phenoxy) is 2. The Kier molecular flexibility index (Phi) is 5.91. The second-order valence-corrected chi connectivity index (χ2v) is 5.81. The molecule has 2 aromatic rings. The van der Waals surface area contributed by atoms with Gasteiger partial charge in [0.25, 0.3) is 0 Å². The van der Waals surface area contributed by atoms with E-state index in [4.69, 9.17) is 9.47 Å². The number of hydrogen-bond acceptors (Lipinski definition) is 4. The van der Waals surface area contributed by atoms with Crippen LogP contribution in [0.2, 0.25) is 0 Å². The van der Waals surface area contributed by atoms with Crippen LogP contribution in [0.3, 0.4) is 0 Å². The zero-order valence-corrected chi connectivity index (χ0v) is 14.5. The Labute approximate surface area is 146 Å². The van der Waals surface area contributed by atoms with Gasteiger partial charge in [-0.3, -0.25) is 9.59 Å². The average molecular weight is 344 g/mol. The van der Waals surface area contributed by atoms with E-state index in [9.17, 15) is 14.0 Å². The normalized spacial score (nSPS) is 13.0. The lowest BCUT2D eigenvalue weighted by Gasteiger charge is -2.23. The number of benzene rings is 2. The van der Waals surface area contributed by atoms with Crippen molar-refractivity contribution in [3.05, 3.63) is 54.3 Å². The molecule has 1 unspecified atom stereocenters. The van der Waals surface area contributed by atoms with Crippen LogP contribution < -0.4 is 4.74 Å². The van der Waals surface area contributed by atoms with Gasteiger partial charge in [-0.2, -0.15) is 0 Å². The van der Waals surface area contributed by atoms with Gasteiger partial charge in [0.15, 0.2) is 17.0 Å². The molecule has 0 aliphatic heterocycles. The smallest absolute Gasteiger partial charge is 0.328 e. The fourth-order valence-electron chi connectivity index (χ4n) is 2.27. The van der Waals surface area contributed by atoms with E-state index < -0.39 is 23.2 Å². The maximum absolute atomic E-state index is 14.3. The highest BCUT2D eigenvalue weighted by atomic mass is 19.1. The largest absolute Gasteiger partial charge is 0.465 e. The Morgan fingerprint density at radius 3 is 2.24 bits per heavy atom. The van der Waals surface area contributed by atoms with Crippen molar-refractivity contribution in [2.75, 3.05) is 6.61 Å². The number of halogens is 1. The molecule has 0 N–H and O–H groups in total. The molecule has 132 valence electrons. The molecule has 0 saturated heterocycles. The van der Waals surface area contributed by atoms with E-state index in [-0.39, 0.29) is 18.8 Å². The molecule has 0 spiro atoms. The molecule has 1 atom stereocenters. The molecule has 4 nitrogen and oxygen atoms in total. The molecule has 0 bridgehead atoms. The molecule has 0 heterocycles. The minimum Gasteiger partial charge on any atom is -0.465 e. The van der Waals surface area contributed by atoms with Crippen LogP contribution in [-0.2, 0) is 14.3 Å². The summed E-state index contributed by atoms with van der Waals surface area (Å²) in [5, 5.41) is 0. The van der Waals surface area contributed by atoms with Gasteiger partial charge in [0.05, 0.1) is 6.61 Å². The highest BCUT2D eigenvalue weighted by Gasteiger charge is 2.43. The summed E-state index contributed by atoms with van der Waals surface area (Å²) in [6.07, 6.45) is 0.189. The van der Waals surface area contributed by atoms with Crippen LogP contribution in [0.4, 0.5) is 4.39 Å². The molecule has 2 rings (SSSR count). The lowest BCUT2D eigenvalue weighted by Crippen LogP contribution is -2.40. The van der Waals surface area contributed by atoms with E-state index in [0.29, 0.717) is 5.56 Å². The molecule has 0 aliphatic carbocycles. The Hall–Kier alpha value is -2.69. The van der Waals surface area contributed by atoms with Gasteiger partial charge in [0, 0.05) is 0 Å². The fraction of sp³-hybridized carbons (Fsp3) is 0.300. The Bertz CT molecular complexity index is 758. The summed E-state index contributed by atoms with van der Waals surface area (Å²) in [6, 6.07) is 13.6. The second-order valence-electron chi connectivity index (χ2n) is 5.81. The molecular formula is C20H21FO4. The van der Waals surface area contributed by atoms with E-state index in [1.54, 1.807) is 19.9 Å². The van der Waals surface area contributed by atoms with Crippen molar-refractivity contribution in [2.45, 2.75) is 27.2 Å². The van der Waals surface area contributed by atoms with Crippen LogP contribution in [0.25, 0.3) is 11.1 Å². The first kappa shape index (κ1) is 18.6. The number of rotatable bonds is 6. The number of esters is 2. The minimum absolute atomic E-state index is 0.155. The standard InChI is InChI=1S/C20H21FO4/c1-4-20(3,18(22)24-5-2)19(23)25-17-12-11-15(13-16(17)21)14-9-7-6-8-10-14/h6-13H,4-5H2,1-3H3. The summed E-state index contributed by atoms with van der Waals surface area (Å²) in [5.41, 5.74) is 0.0475. The molecule has 0 amide bonds. The SMILES string of the molecule is CCOC(=O)C(C)(CC)C(=O)Oc1ccc(-c2ccccc2)cc1F. The van der Waals surface area contributed by atoms with Crippen LogP contribution in [-0.4, -0.2) is 18.5 Å². The van der Waals surface area contributed by atoms with Crippen molar-refractivity contribution >= 4 is 11.9 Å². The molecule has 5 heteroatoms. The summed E-state index contributed by atoms with van der Waals surface area (Å²) in [7, 11) is 0. The van der Waals surface area contributed by atoms with Gasteiger partial charge in [-0.15, -0.1) is 0 Å². The monoisotopic (exact) mass is 344 g/mol. The average Bonchev–Trinajstić information content (AvgIpc) is 2.63. The molecule has 2 aromatic carbocycles. The van der Waals surface area contributed by atoms with Crippen molar-refractivity contribution in [1.82, 2.24) is 0 Å². The number of carbonyl (C=O) groups is 2. The van der Waals surface area contributed by atoms with Gasteiger partial charge in [0.1, 0.15) is 0 Å². The molecule has 0 aliphatic rings. The maximum Gasteiger partial charge on any atom is 0.328 e. The van der Waals surface area contributed by atoms with E-state index >= 15 is 0 Å². The Morgan fingerprint density at radius 1 is 1.00 bits per heavy atom. The van der Waals surface area contributed by atoms with Crippen LogP contribution >= 0.6 is 0 Å². The summed E-state index contributed by atoms with van der Waals surface area (Å²) < 4.78 is 24.4. The lowest BCUT2D eigenvalue weighted by molar-refractivity contribution is -0.166. The molecule has 0 fully saturated rings. The van der Waals surface area contributed by atoms with Gasteiger partial charge in [-0.25, -0.2) is 4.39 Å². The van der Waals surface area contributed by atoms with Crippen molar-refractivity contribution < 1.29 is 23.5 Å². The van der Waals surface area contributed by atoms with Crippen molar-refractivity contribution in [2.24, 2.45) is 5.41 Å². The molecule has 0 saturated carbocycles. The topological polar surface area (TPSA) is 52.6 Å². The molecule has 0 radical (unpaired) electrons. The Balaban J connectivity index is 2.22. The lowest BCUT2D eigenvalue weighted by atomic mass is 9.88. The van der Waals surface area contributed by atoms with Crippen molar-refractivity contribution in [3.63, 3.8) is 0 Å². The maximum atomic E-state index is 14.3. The number of carbonyl (C=O) groups excluding carboxylic acids is 2. The highest BCUT2D eigenvalue weighted by Crippen LogP contribution is 2.30. The quantitative estimate of drug-likeness (QED) is 0.443. The zero-order valence-electron chi connectivity index (χ0n) is 14.5. The highest BCUT2D eigenvalue weighted by molar-refractivity contribution is 6.00.